The van der Waals surface area contributed by atoms with E-state index >= 15 is 0 Å². The third-order valence-corrected chi connectivity index (χ3v) is 6.50. The number of rotatable bonds is 12. The molecule has 4 nitrogen and oxygen atoms in total. The van der Waals surface area contributed by atoms with Gasteiger partial charge in [0.05, 0.1) is 7.11 Å². The fraction of sp³-hybridized carbons (Fsp3) is 0.370. The van der Waals surface area contributed by atoms with Crippen LogP contribution in [0, 0.1) is 0 Å². The fourth-order valence-electron chi connectivity index (χ4n) is 3.86. The third kappa shape index (κ3) is 7.02. The largest absolute Gasteiger partial charge is 0.464 e. The van der Waals surface area contributed by atoms with E-state index in [9.17, 15) is 4.79 Å². The summed E-state index contributed by atoms with van der Waals surface area (Å²) in [5.41, 5.74) is 4.48. The van der Waals surface area contributed by atoms with Gasteiger partial charge in [-0.25, -0.2) is 4.79 Å². The summed E-state index contributed by atoms with van der Waals surface area (Å²) in [6.45, 7) is 3.58. The predicted molar refractivity (Wildman–Crippen MR) is 138 cm³/mol. The van der Waals surface area contributed by atoms with Gasteiger partial charge in [-0.15, -0.1) is 0 Å². The molecule has 6 heteroatoms. The Bertz CT molecular complexity index is 1020. The van der Waals surface area contributed by atoms with Crippen LogP contribution in [0.2, 0.25) is 10.0 Å². The number of nitrogens with one attached hydrogen (secondary N) is 1. The van der Waals surface area contributed by atoms with E-state index in [0.717, 1.165) is 35.3 Å². The Morgan fingerprint density at radius 1 is 0.939 bits per heavy atom. The van der Waals surface area contributed by atoms with Crippen LogP contribution in [0.4, 0.5) is 5.69 Å². The molecule has 0 spiro atoms. The summed E-state index contributed by atoms with van der Waals surface area (Å²) in [6.07, 6.45) is 9.32. The van der Waals surface area contributed by atoms with Crippen LogP contribution in [0.3, 0.4) is 0 Å². The smallest absolute Gasteiger partial charge is 0.354 e. The lowest BCUT2D eigenvalue weighted by Gasteiger charge is -2.10. The first kappa shape index (κ1) is 25.2. The normalized spacial score (nSPS) is 10.9. The zero-order valence-corrected chi connectivity index (χ0v) is 20.9. The molecule has 0 atom stereocenters. The van der Waals surface area contributed by atoms with Gasteiger partial charge < -0.3 is 14.6 Å². The zero-order chi connectivity index (χ0) is 23.6. The van der Waals surface area contributed by atoms with Crippen molar-refractivity contribution in [3.63, 3.8) is 0 Å². The molecule has 0 amide bonds. The lowest BCUT2D eigenvalue weighted by Crippen LogP contribution is -2.10. The van der Waals surface area contributed by atoms with Crippen molar-refractivity contribution in [3.05, 3.63) is 76.0 Å². The number of carbonyl (C=O) groups excluding carboxylic acids is 1. The number of hydrogen-bond donors (Lipinski definition) is 1. The minimum absolute atomic E-state index is 0.304. The Kier molecular flexibility index (Phi) is 9.71. The summed E-state index contributed by atoms with van der Waals surface area (Å²) in [5, 5.41) is 4.66. The quantitative estimate of drug-likeness (QED) is 0.207. The second-order valence-corrected chi connectivity index (χ2v) is 9.01. The monoisotopic (exact) mass is 486 g/mol. The van der Waals surface area contributed by atoms with Gasteiger partial charge >= 0.3 is 5.97 Å². The van der Waals surface area contributed by atoms with Crippen molar-refractivity contribution >= 4 is 34.9 Å². The number of hydrogen-bond acceptors (Lipinski definition) is 3. The maximum atomic E-state index is 12.3. The number of benzene rings is 2. The van der Waals surface area contributed by atoms with E-state index in [-0.39, 0.29) is 5.97 Å². The summed E-state index contributed by atoms with van der Waals surface area (Å²) in [4.78, 5) is 12.3. The molecule has 0 radical (unpaired) electrons. The van der Waals surface area contributed by atoms with E-state index in [2.05, 4.69) is 12.2 Å². The first-order valence-electron chi connectivity index (χ1n) is 11.6. The Balaban J connectivity index is 1.66. The number of aromatic nitrogens is 1. The second-order valence-electron chi connectivity index (χ2n) is 8.20. The lowest BCUT2D eigenvalue weighted by molar-refractivity contribution is 0.0588. The van der Waals surface area contributed by atoms with E-state index in [1.807, 2.05) is 59.3 Å². The molecule has 0 unspecified atom stereocenters. The minimum Gasteiger partial charge on any atom is -0.464 e. The van der Waals surface area contributed by atoms with Crippen molar-refractivity contribution in [2.45, 2.75) is 58.5 Å². The van der Waals surface area contributed by atoms with E-state index < -0.39 is 0 Å². The number of carbonyl (C=O) groups is 1. The van der Waals surface area contributed by atoms with Crippen LogP contribution in [0.25, 0.3) is 11.1 Å². The van der Waals surface area contributed by atoms with Gasteiger partial charge in [-0.2, -0.15) is 0 Å². The molecule has 0 aliphatic carbocycles. The molecule has 1 aromatic heterocycles. The zero-order valence-electron chi connectivity index (χ0n) is 19.4. The predicted octanol–water partition coefficient (Wildman–Crippen LogP) is 8.22. The molecule has 3 rings (SSSR count). The summed E-state index contributed by atoms with van der Waals surface area (Å²) in [5.74, 6) is -0.304. The topological polar surface area (TPSA) is 43.3 Å². The number of nitrogens with zero attached hydrogens (tertiary/aromatic N) is 1. The SMILES string of the molecule is CCCCCCCCn1cc(-c2ccc(NCc3c(Cl)cccc3Cl)cc2)cc1C(=O)OC. The van der Waals surface area contributed by atoms with Crippen molar-refractivity contribution in [3.8, 4) is 11.1 Å². The molecule has 0 aliphatic heterocycles. The highest BCUT2D eigenvalue weighted by atomic mass is 35.5. The van der Waals surface area contributed by atoms with Gasteiger partial charge in [-0.1, -0.05) is 80.4 Å². The molecule has 2 aromatic carbocycles. The first-order valence-corrected chi connectivity index (χ1v) is 12.3. The number of anilines is 1. The van der Waals surface area contributed by atoms with Gasteiger partial charge in [0.2, 0.25) is 0 Å². The van der Waals surface area contributed by atoms with Crippen LogP contribution in [-0.4, -0.2) is 17.6 Å². The van der Waals surface area contributed by atoms with Crippen LogP contribution in [0.5, 0.6) is 0 Å². The minimum atomic E-state index is -0.304. The standard InChI is InChI=1S/C27H32Cl2N2O2/c1-3-4-5-6-7-8-16-31-19-21(17-26(31)27(32)33-2)20-12-14-22(15-13-20)30-18-23-24(28)10-9-11-25(23)29/h9-15,17,19,30H,3-8,16,18H2,1-2H3. The van der Waals surface area contributed by atoms with E-state index in [1.165, 1.54) is 39.2 Å². The number of methoxy groups -OCH3 is 1. The van der Waals surface area contributed by atoms with Gasteiger partial charge in [-0.3, -0.25) is 0 Å². The highest BCUT2D eigenvalue weighted by Gasteiger charge is 2.15. The number of ether oxygens (including phenoxy) is 1. The van der Waals surface area contributed by atoms with Gasteiger partial charge in [0.25, 0.3) is 0 Å². The van der Waals surface area contributed by atoms with E-state index in [4.69, 9.17) is 27.9 Å². The first-order chi connectivity index (χ1) is 16.0. The van der Waals surface area contributed by atoms with Crippen molar-refractivity contribution < 1.29 is 9.53 Å². The molecule has 0 aliphatic rings. The Morgan fingerprint density at radius 3 is 2.27 bits per heavy atom. The van der Waals surface area contributed by atoms with Crippen molar-refractivity contribution in [2.24, 2.45) is 0 Å². The number of esters is 1. The third-order valence-electron chi connectivity index (χ3n) is 5.79. The molecule has 3 aromatic rings. The van der Waals surface area contributed by atoms with Crippen molar-refractivity contribution in [2.75, 3.05) is 12.4 Å². The molecular weight excluding hydrogens is 455 g/mol. The molecular formula is C27H32Cl2N2O2. The number of halogens is 2. The molecule has 0 saturated carbocycles. The van der Waals surface area contributed by atoms with E-state index in [1.54, 1.807) is 0 Å². The number of unbranched alkanes of at least 4 members (excludes halogenated alkanes) is 5. The maximum absolute atomic E-state index is 12.3. The molecule has 0 fully saturated rings. The summed E-state index contributed by atoms with van der Waals surface area (Å²) in [7, 11) is 1.43. The van der Waals surface area contributed by atoms with Crippen LogP contribution < -0.4 is 5.32 Å². The molecule has 0 saturated heterocycles. The second kappa shape index (κ2) is 12.7. The van der Waals surface area contributed by atoms with Gasteiger partial charge in [0.15, 0.2) is 0 Å². The molecule has 176 valence electrons. The Labute approximate surface area is 206 Å². The van der Waals surface area contributed by atoms with Crippen molar-refractivity contribution in [1.82, 2.24) is 4.57 Å². The number of aryl methyl sites for hydroxylation is 1. The molecule has 1 N–H and O–H groups in total. The summed E-state index contributed by atoms with van der Waals surface area (Å²) < 4.78 is 7.03. The summed E-state index contributed by atoms with van der Waals surface area (Å²) in [6, 6.07) is 15.5. The molecule has 33 heavy (non-hydrogen) atoms. The fourth-order valence-corrected chi connectivity index (χ4v) is 4.39. The van der Waals surface area contributed by atoms with E-state index in [0.29, 0.717) is 22.3 Å². The van der Waals surface area contributed by atoms with Gasteiger partial charge in [0.1, 0.15) is 5.69 Å². The van der Waals surface area contributed by atoms with Gasteiger partial charge in [-0.05, 0) is 42.3 Å². The van der Waals surface area contributed by atoms with Gasteiger partial charge in [0, 0.05) is 46.1 Å². The van der Waals surface area contributed by atoms with Crippen molar-refractivity contribution in [1.29, 1.82) is 0 Å². The summed E-state index contributed by atoms with van der Waals surface area (Å²) >= 11 is 12.5. The van der Waals surface area contributed by atoms with Crippen LogP contribution in [0.1, 0.15) is 61.5 Å². The Morgan fingerprint density at radius 2 is 1.61 bits per heavy atom. The highest BCUT2D eigenvalue weighted by Crippen LogP contribution is 2.27. The van der Waals surface area contributed by atoms with Crippen LogP contribution in [0.15, 0.2) is 54.7 Å². The molecule has 1 heterocycles. The molecule has 0 bridgehead atoms. The lowest BCUT2D eigenvalue weighted by atomic mass is 10.1. The average Bonchev–Trinajstić information content (AvgIpc) is 3.25. The van der Waals surface area contributed by atoms with Crippen LogP contribution >= 0.6 is 23.2 Å². The Hall–Kier alpha value is -2.43. The van der Waals surface area contributed by atoms with Crippen LogP contribution in [-0.2, 0) is 17.8 Å². The maximum Gasteiger partial charge on any atom is 0.354 e. The highest BCUT2D eigenvalue weighted by molar-refractivity contribution is 6.36. The average molecular weight is 487 g/mol.